The van der Waals surface area contributed by atoms with Gasteiger partial charge in [-0.25, -0.2) is 4.57 Å². The molecule has 0 aromatic heterocycles. The highest BCUT2D eigenvalue weighted by atomic mass is 31.2. The Hall–Kier alpha value is -2.37. The second-order valence-electron chi connectivity index (χ2n) is 3.12. The molecule has 0 aliphatic rings. The van der Waals surface area contributed by atoms with Crippen LogP contribution in [0.5, 0.6) is 0 Å². The summed E-state index contributed by atoms with van der Waals surface area (Å²) < 4.78 is 21.7. The largest absolute Gasteiger partial charge is 0.459 e. The predicted octanol–water partition coefficient (Wildman–Crippen LogP) is 2.59. The van der Waals surface area contributed by atoms with Crippen molar-refractivity contribution in [2.45, 2.75) is 25.7 Å². The molecule has 0 aromatic carbocycles. The maximum atomic E-state index is 12.0. The van der Waals surface area contributed by atoms with Crippen molar-refractivity contribution in [3.05, 3.63) is 0 Å². The summed E-state index contributed by atoms with van der Waals surface area (Å²) in [6.07, 6.45) is 21.4. The minimum Gasteiger partial charge on any atom is -0.361 e. The van der Waals surface area contributed by atoms with Gasteiger partial charge < -0.3 is 9.05 Å². The van der Waals surface area contributed by atoms with Crippen LogP contribution in [0, 0.1) is 61.1 Å². The highest BCUT2D eigenvalue weighted by molar-refractivity contribution is 7.54. The summed E-state index contributed by atoms with van der Waals surface area (Å²) in [5.41, 5.74) is 0. The summed E-state index contributed by atoms with van der Waals surface area (Å²) in [7, 11) is -3.50. The van der Waals surface area contributed by atoms with E-state index in [1.165, 1.54) is 0 Å². The van der Waals surface area contributed by atoms with Gasteiger partial charge in [-0.05, 0) is 0 Å². The van der Waals surface area contributed by atoms with Gasteiger partial charge in [0.1, 0.15) is 18.4 Å². The average molecular weight is 272 g/mol. The molecular formula is C15H13O3P. The highest BCUT2D eigenvalue weighted by Crippen LogP contribution is 2.46. The lowest BCUT2D eigenvalue weighted by Crippen LogP contribution is -1.91. The van der Waals surface area contributed by atoms with Crippen molar-refractivity contribution in [3.63, 3.8) is 0 Å². The van der Waals surface area contributed by atoms with Gasteiger partial charge in [0, 0.05) is 25.7 Å². The maximum absolute atomic E-state index is 12.0. The Bertz CT molecular complexity index is 519. The standard InChI is InChI=1S/C15H13O3P/c1-4-7-9-11-13-17-19(16,15-6-3)18-14-12-10-8-5-2/h1-3H,7-10,15H2. The van der Waals surface area contributed by atoms with Crippen molar-refractivity contribution >= 4 is 7.60 Å². The van der Waals surface area contributed by atoms with E-state index in [9.17, 15) is 4.57 Å². The fourth-order valence-corrected chi connectivity index (χ4v) is 1.57. The summed E-state index contributed by atoms with van der Waals surface area (Å²) in [6.45, 7) is 0. The van der Waals surface area contributed by atoms with E-state index in [-0.39, 0.29) is 6.16 Å². The van der Waals surface area contributed by atoms with E-state index in [2.05, 4.69) is 41.8 Å². The first kappa shape index (κ1) is 16.6. The number of hydrogen-bond donors (Lipinski definition) is 0. The zero-order valence-electron chi connectivity index (χ0n) is 10.4. The molecule has 0 bridgehead atoms. The molecule has 0 N–H and O–H groups in total. The van der Waals surface area contributed by atoms with Crippen LogP contribution in [0.15, 0.2) is 0 Å². The maximum Gasteiger partial charge on any atom is 0.459 e. The second kappa shape index (κ2) is 10.8. The molecule has 3 nitrogen and oxygen atoms in total. The van der Waals surface area contributed by atoms with Crippen LogP contribution in [-0.2, 0) is 13.6 Å². The molecule has 0 rings (SSSR count). The van der Waals surface area contributed by atoms with Gasteiger partial charge >= 0.3 is 7.60 Å². The van der Waals surface area contributed by atoms with Crippen LogP contribution in [0.25, 0.3) is 0 Å². The molecule has 0 amide bonds. The summed E-state index contributed by atoms with van der Waals surface area (Å²) in [6, 6.07) is 0. The van der Waals surface area contributed by atoms with E-state index in [1.54, 1.807) is 0 Å². The quantitative estimate of drug-likeness (QED) is 0.438. The first-order valence-electron chi connectivity index (χ1n) is 5.41. The van der Waals surface area contributed by atoms with Crippen LogP contribution in [0.1, 0.15) is 25.7 Å². The van der Waals surface area contributed by atoms with Crippen molar-refractivity contribution in [1.29, 1.82) is 0 Å². The number of hydrogen-bond acceptors (Lipinski definition) is 3. The van der Waals surface area contributed by atoms with Crippen molar-refractivity contribution in [1.82, 2.24) is 0 Å². The normalized spacial score (nSPS) is 8.26. The third-order valence-electron chi connectivity index (χ3n) is 1.59. The molecule has 0 spiro atoms. The molecule has 0 fully saturated rings. The van der Waals surface area contributed by atoms with Gasteiger partial charge in [0.2, 0.25) is 0 Å². The van der Waals surface area contributed by atoms with Gasteiger partial charge in [-0.3, -0.25) is 0 Å². The number of rotatable bonds is 5. The zero-order valence-corrected chi connectivity index (χ0v) is 11.3. The van der Waals surface area contributed by atoms with E-state index in [0.29, 0.717) is 25.7 Å². The summed E-state index contributed by atoms with van der Waals surface area (Å²) in [5.74, 6) is 12.2. The average Bonchev–Trinajstić information content (AvgIpc) is 2.39. The molecule has 0 saturated heterocycles. The minimum absolute atomic E-state index is 0.208. The topological polar surface area (TPSA) is 35.5 Å². The first-order chi connectivity index (χ1) is 9.18. The zero-order chi connectivity index (χ0) is 14.4. The fraction of sp³-hybridized carbons (Fsp3) is 0.333. The Labute approximate surface area is 115 Å². The van der Waals surface area contributed by atoms with Gasteiger partial charge in [-0.15, -0.1) is 31.1 Å². The van der Waals surface area contributed by atoms with E-state index in [1.807, 2.05) is 0 Å². The molecule has 0 unspecified atom stereocenters. The molecule has 0 aliphatic carbocycles. The summed E-state index contributed by atoms with van der Waals surface area (Å²) in [4.78, 5) is 0. The Morgan fingerprint density at radius 3 is 1.63 bits per heavy atom. The van der Waals surface area contributed by atoms with Crippen LogP contribution < -0.4 is 0 Å². The Morgan fingerprint density at radius 2 is 1.26 bits per heavy atom. The highest BCUT2D eigenvalue weighted by Gasteiger charge is 2.24. The van der Waals surface area contributed by atoms with Gasteiger partial charge in [0.15, 0.2) is 0 Å². The van der Waals surface area contributed by atoms with E-state index < -0.39 is 7.60 Å². The third kappa shape index (κ3) is 9.34. The second-order valence-corrected chi connectivity index (χ2v) is 5.02. The number of unbranched alkanes of at least 4 members (excludes halogenated alkanes) is 2. The third-order valence-corrected chi connectivity index (χ3v) is 2.90. The van der Waals surface area contributed by atoms with Gasteiger partial charge in [-0.1, -0.05) is 17.8 Å². The fourth-order valence-electron chi connectivity index (χ4n) is 0.770. The van der Waals surface area contributed by atoms with Crippen molar-refractivity contribution in [2.24, 2.45) is 0 Å². The van der Waals surface area contributed by atoms with Crippen molar-refractivity contribution < 1.29 is 13.6 Å². The predicted molar refractivity (Wildman–Crippen MR) is 75.2 cm³/mol. The molecule has 4 heteroatoms. The van der Waals surface area contributed by atoms with Crippen molar-refractivity contribution in [2.75, 3.05) is 6.16 Å². The molecule has 0 heterocycles. The van der Waals surface area contributed by atoms with Crippen LogP contribution in [0.3, 0.4) is 0 Å². The lowest BCUT2D eigenvalue weighted by Gasteiger charge is -2.08. The van der Waals surface area contributed by atoms with Crippen LogP contribution in [0.2, 0.25) is 0 Å². The Balaban J connectivity index is 4.41. The lowest BCUT2D eigenvalue weighted by atomic mass is 10.3. The molecule has 0 atom stereocenters. The van der Waals surface area contributed by atoms with Gasteiger partial charge in [0.05, 0.1) is 0 Å². The Morgan fingerprint density at radius 1 is 0.789 bits per heavy atom. The lowest BCUT2D eigenvalue weighted by molar-refractivity contribution is 0.357. The SMILES string of the molecule is C#CCCC#COP(=O)(CC#C)OC#CCCC#C. The van der Waals surface area contributed by atoms with Gasteiger partial charge in [0.25, 0.3) is 0 Å². The van der Waals surface area contributed by atoms with Crippen LogP contribution >= 0.6 is 7.60 Å². The van der Waals surface area contributed by atoms with E-state index in [4.69, 9.17) is 28.3 Å². The Kier molecular flexibility index (Phi) is 9.42. The number of terminal acetylenes is 3. The van der Waals surface area contributed by atoms with E-state index in [0.717, 1.165) is 0 Å². The molecule has 0 saturated carbocycles. The molecule has 0 aliphatic heterocycles. The molecule has 0 aromatic rings. The first-order valence-corrected chi connectivity index (χ1v) is 7.13. The van der Waals surface area contributed by atoms with Crippen LogP contribution in [0.4, 0.5) is 0 Å². The molecule has 96 valence electrons. The minimum atomic E-state index is -3.50. The smallest absolute Gasteiger partial charge is 0.361 e. The summed E-state index contributed by atoms with van der Waals surface area (Å²) in [5, 5.41) is 0. The van der Waals surface area contributed by atoms with Crippen molar-refractivity contribution in [3.8, 4) is 61.1 Å². The monoisotopic (exact) mass is 272 g/mol. The van der Waals surface area contributed by atoms with E-state index >= 15 is 0 Å². The summed E-state index contributed by atoms with van der Waals surface area (Å²) >= 11 is 0. The van der Waals surface area contributed by atoms with Gasteiger partial charge in [-0.2, -0.15) is 0 Å². The molecule has 19 heavy (non-hydrogen) atoms. The molecule has 0 radical (unpaired) electrons. The van der Waals surface area contributed by atoms with Crippen LogP contribution in [-0.4, -0.2) is 6.16 Å². The molecular weight excluding hydrogens is 259 g/mol.